The zero-order valence-electron chi connectivity index (χ0n) is 22.0. The average Bonchev–Trinajstić information content (AvgIpc) is 3.15. The molecule has 1 saturated heterocycles. The molecule has 1 aliphatic rings. The van der Waals surface area contributed by atoms with E-state index in [0.29, 0.717) is 51.8 Å². The van der Waals surface area contributed by atoms with Gasteiger partial charge in [0.2, 0.25) is 5.91 Å². The number of methoxy groups -OCH3 is 1. The molecule has 1 atom stereocenters. The highest BCUT2D eigenvalue weighted by Gasteiger charge is 2.44. The Hall–Kier alpha value is -3.04. The lowest BCUT2D eigenvalue weighted by Gasteiger charge is -2.24. The van der Waals surface area contributed by atoms with E-state index < -0.39 is 6.04 Å². The highest BCUT2D eigenvalue weighted by molar-refractivity contribution is 7.80. The monoisotopic (exact) mass is 619 g/mol. The van der Waals surface area contributed by atoms with Gasteiger partial charge in [-0.15, -0.1) is 0 Å². The zero-order chi connectivity index (χ0) is 28.8. The summed E-state index contributed by atoms with van der Waals surface area (Å²) in [4.78, 5) is 30.0. The maximum Gasteiger partial charge on any atom is 0.256 e. The molecule has 0 saturated carbocycles. The van der Waals surface area contributed by atoms with Gasteiger partial charge in [0.05, 0.1) is 30.8 Å². The fourth-order valence-electron chi connectivity index (χ4n) is 4.33. The van der Waals surface area contributed by atoms with Gasteiger partial charge in [0.15, 0.2) is 5.11 Å². The third-order valence-corrected chi connectivity index (χ3v) is 7.64. The van der Waals surface area contributed by atoms with E-state index in [4.69, 9.17) is 56.5 Å². The molecule has 1 unspecified atom stereocenters. The van der Waals surface area contributed by atoms with Crippen LogP contribution in [0.5, 0.6) is 11.5 Å². The van der Waals surface area contributed by atoms with Crippen molar-refractivity contribution in [2.75, 3.05) is 30.5 Å². The van der Waals surface area contributed by atoms with Crippen LogP contribution in [-0.4, -0.2) is 48.1 Å². The summed E-state index contributed by atoms with van der Waals surface area (Å²) in [7, 11) is 1.51. The third kappa shape index (κ3) is 6.99. The molecule has 40 heavy (non-hydrogen) atoms. The summed E-state index contributed by atoms with van der Waals surface area (Å²) in [6.45, 7) is 3.00. The van der Waals surface area contributed by atoms with Crippen LogP contribution in [0.2, 0.25) is 15.1 Å². The maximum atomic E-state index is 13.7. The van der Waals surface area contributed by atoms with Crippen molar-refractivity contribution in [3.63, 3.8) is 0 Å². The van der Waals surface area contributed by atoms with E-state index in [1.54, 1.807) is 59.5 Å². The Morgan fingerprint density at radius 2 is 1.77 bits per heavy atom. The van der Waals surface area contributed by atoms with Crippen molar-refractivity contribution < 1.29 is 19.1 Å². The number of halogens is 3. The lowest BCUT2D eigenvalue weighted by atomic mass is 10.1. The molecular weight excluding hydrogens is 593 g/mol. The second kappa shape index (κ2) is 13.5. The molecular formula is C29H28Cl3N3O4S. The van der Waals surface area contributed by atoms with Gasteiger partial charge in [0.1, 0.15) is 17.5 Å². The predicted octanol–water partition coefficient (Wildman–Crippen LogP) is 7.02. The Bertz CT molecular complexity index is 1400. The number of carbonyl (C=O) groups is 2. The van der Waals surface area contributed by atoms with Crippen molar-refractivity contribution in [1.82, 2.24) is 4.90 Å². The van der Waals surface area contributed by atoms with Crippen LogP contribution in [0.1, 0.15) is 25.3 Å². The highest BCUT2D eigenvalue weighted by Crippen LogP contribution is 2.34. The topological polar surface area (TPSA) is 71.1 Å². The molecule has 1 fully saturated rings. The van der Waals surface area contributed by atoms with Crippen LogP contribution in [0, 0.1) is 0 Å². The number of nitrogens with zero attached hydrogens (tertiary/aromatic N) is 2. The first-order valence-corrected chi connectivity index (χ1v) is 14.2. The summed E-state index contributed by atoms with van der Waals surface area (Å²) in [5.41, 5.74) is 1.93. The van der Waals surface area contributed by atoms with Gasteiger partial charge in [-0.05, 0) is 85.2 Å². The highest BCUT2D eigenvalue weighted by atomic mass is 35.5. The predicted molar refractivity (Wildman–Crippen MR) is 164 cm³/mol. The average molecular weight is 621 g/mol. The van der Waals surface area contributed by atoms with E-state index in [1.165, 1.54) is 12.0 Å². The second-order valence-electron chi connectivity index (χ2n) is 9.10. The number of thiocarbonyl (C=S) groups is 1. The van der Waals surface area contributed by atoms with E-state index >= 15 is 0 Å². The van der Waals surface area contributed by atoms with Gasteiger partial charge in [-0.25, -0.2) is 0 Å². The molecule has 11 heteroatoms. The van der Waals surface area contributed by atoms with Crippen molar-refractivity contribution >= 4 is 75.3 Å². The van der Waals surface area contributed by atoms with Crippen LogP contribution < -0.4 is 19.7 Å². The number of rotatable bonds is 11. The number of benzene rings is 3. The molecule has 1 heterocycles. The number of amides is 2. The molecule has 2 amide bonds. The Labute approximate surface area is 253 Å². The number of carbonyl (C=O) groups excluding carboxylic acids is 2. The Kier molecular flexibility index (Phi) is 10.1. The number of anilines is 2. The van der Waals surface area contributed by atoms with E-state index in [2.05, 4.69) is 5.32 Å². The normalized spacial score (nSPS) is 15.0. The maximum absolute atomic E-state index is 13.7. The van der Waals surface area contributed by atoms with E-state index in [-0.39, 0.29) is 23.3 Å². The molecule has 0 spiro atoms. The van der Waals surface area contributed by atoms with Gasteiger partial charge in [0, 0.05) is 22.3 Å². The molecule has 0 radical (unpaired) electrons. The summed E-state index contributed by atoms with van der Waals surface area (Å²) in [6, 6.07) is 16.5. The van der Waals surface area contributed by atoms with Crippen molar-refractivity contribution in [2.24, 2.45) is 0 Å². The summed E-state index contributed by atoms with van der Waals surface area (Å²) in [5, 5.41) is 4.52. The molecule has 4 rings (SSSR count). The summed E-state index contributed by atoms with van der Waals surface area (Å²) in [6.07, 6.45) is 1.27. The smallest absolute Gasteiger partial charge is 0.256 e. The molecule has 1 N–H and O–H groups in total. The van der Waals surface area contributed by atoms with Crippen molar-refractivity contribution in [1.29, 1.82) is 0 Å². The first kappa shape index (κ1) is 29.9. The Balaban J connectivity index is 1.55. The molecule has 1 aliphatic heterocycles. The van der Waals surface area contributed by atoms with E-state index in [0.717, 1.165) is 17.7 Å². The minimum atomic E-state index is -0.827. The van der Waals surface area contributed by atoms with Crippen LogP contribution in [-0.2, 0) is 16.0 Å². The first-order chi connectivity index (χ1) is 19.2. The van der Waals surface area contributed by atoms with Gasteiger partial charge in [-0.1, -0.05) is 47.8 Å². The van der Waals surface area contributed by atoms with Crippen molar-refractivity contribution in [3.8, 4) is 11.5 Å². The molecule has 7 nitrogen and oxygen atoms in total. The zero-order valence-corrected chi connectivity index (χ0v) is 25.0. The van der Waals surface area contributed by atoms with Crippen LogP contribution >= 0.6 is 47.0 Å². The second-order valence-corrected chi connectivity index (χ2v) is 10.7. The van der Waals surface area contributed by atoms with Crippen LogP contribution in [0.4, 0.5) is 11.4 Å². The van der Waals surface area contributed by atoms with Gasteiger partial charge in [-0.3, -0.25) is 14.5 Å². The van der Waals surface area contributed by atoms with E-state index in [1.807, 2.05) is 13.0 Å². The molecule has 0 aliphatic carbocycles. The largest absolute Gasteiger partial charge is 0.495 e. The number of ether oxygens (including phenoxy) is 2. The fraction of sp³-hybridized carbons (Fsp3) is 0.276. The lowest BCUT2D eigenvalue weighted by molar-refractivity contribution is -0.124. The van der Waals surface area contributed by atoms with Gasteiger partial charge >= 0.3 is 0 Å². The third-order valence-electron chi connectivity index (χ3n) is 6.34. The Morgan fingerprint density at radius 3 is 2.42 bits per heavy atom. The minimum Gasteiger partial charge on any atom is -0.495 e. The first-order valence-electron chi connectivity index (χ1n) is 12.7. The van der Waals surface area contributed by atoms with Crippen molar-refractivity contribution in [3.05, 3.63) is 81.3 Å². The number of hydrogen-bond acceptors (Lipinski definition) is 5. The lowest BCUT2D eigenvalue weighted by Crippen LogP contribution is -2.39. The molecule has 0 aromatic heterocycles. The molecule has 3 aromatic carbocycles. The van der Waals surface area contributed by atoms with Crippen molar-refractivity contribution in [2.45, 2.75) is 32.2 Å². The fourth-order valence-corrected chi connectivity index (χ4v) is 5.50. The summed E-state index contributed by atoms with van der Waals surface area (Å²) >= 11 is 24.5. The molecule has 0 bridgehead atoms. The number of hydrogen-bond donors (Lipinski definition) is 1. The van der Waals surface area contributed by atoms with Gasteiger partial charge < -0.3 is 19.7 Å². The van der Waals surface area contributed by atoms with Crippen LogP contribution in [0.25, 0.3) is 0 Å². The minimum absolute atomic E-state index is 0.109. The van der Waals surface area contributed by atoms with Gasteiger partial charge in [0.25, 0.3) is 5.91 Å². The summed E-state index contributed by atoms with van der Waals surface area (Å²) in [5.74, 6) is 0.538. The summed E-state index contributed by atoms with van der Waals surface area (Å²) < 4.78 is 10.8. The van der Waals surface area contributed by atoms with Crippen LogP contribution in [0.3, 0.4) is 0 Å². The molecule has 210 valence electrons. The van der Waals surface area contributed by atoms with Gasteiger partial charge in [-0.2, -0.15) is 0 Å². The quantitative estimate of drug-likeness (QED) is 0.233. The SMILES string of the molecule is CCCOc1ccc(NC(=O)CC2C(=O)N(c3ccc(OC)c(Cl)c3)C(=S)N2CCc2ccc(Cl)cc2Cl)cc1. The van der Waals surface area contributed by atoms with E-state index in [9.17, 15) is 9.59 Å². The number of nitrogens with one attached hydrogen (secondary N) is 1. The standard InChI is InChI=1S/C29H28Cl3N3O4S/c1-3-14-39-22-9-6-20(7-10-22)33-27(36)17-25-28(37)35(21-8-11-26(38-2)24(32)16-21)29(40)34(25)13-12-18-4-5-19(30)15-23(18)31/h4-11,15-16,25H,3,12-14,17H2,1-2H3,(H,33,36). The van der Waals surface area contributed by atoms with Crippen LogP contribution in [0.15, 0.2) is 60.7 Å². The molecule has 3 aromatic rings. The Morgan fingerprint density at radius 1 is 1.02 bits per heavy atom.